The molecule has 2 rings (SSSR count). The Hall–Kier alpha value is -0.960. The molecule has 2 N–H and O–H groups in total. The van der Waals surface area contributed by atoms with Crippen molar-refractivity contribution in [3.8, 4) is 0 Å². The molecule has 0 aromatic heterocycles. The molecule has 88 valence electrons. The Morgan fingerprint density at radius 3 is 1.94 bits per heavy atom. The van der Waals surface area contributed by atoms with Gasteiger partial charge in [0.25, 0.3) is 0 Å². The van der Waals surface area contributed by atoms with Crippen molar-refractivity contribution in [1.82, 2.24) is 0 Å². The average molecular weight is 225 g/mol. The first-order valence-electron chi connectivity index (χ1n) is 5.53. The fourth-order valence-electron chi connectivity index (χ4n) is 2.50. The van der Waals surface area contributed by atoms with Crippen molar-refractivity contribution >= 4 is 0 Å². The van der Waals surface area contributed by atoms with Crippen LogP contribution in [0.3, 0.4) is 0 Å². The number of halogens is 2. The Balaban J connectivity index is 2.58. The van der Waals surface area contributed by atoms with Crippen LogP contribution in [0.5, 0.6) is 0 Å². The van der Waals surface area contributed by atoms with E-state index in [1.807, 2.05) is 13.8 Å². The minimum atomic E-state index is -0.593. The minimum absolute atomic E-state index is 0.172. The molecule has 1 aliphatic carbocycles. The average Bonchev–Trinajstić information content (AvgIpc) is 2.81. The quantitative estimate of drug-likeness (QED) is 0.822. The van der Waals surface area contributed by atoms with Crippen LogP contribution in [0.25, 0.3) is 0 Å². The van der Waals surface area contributed by atoms with Gasteiger partial charge >= 0.3 is 0 Å². The molecule has 16 heavy (non-hydrogen) atoms. The second kappa shape index (κ2) is 3.27. The van der Waals surface area contributed by atoms with E-state index in [1.165, 1.54) is 12.1 Å². The lowest BCUT2D eigenvalue weighted by molar-refractivity contribution is 0.364. The fourth-order valence-corrected chi connectivity index (χ4v) is 2.50. The van der Waals surface area contributed by atoms with E-state index in [0.717, 1.165) is 12.8 Å². The molecule has 1 saturated carbocycles. The van der Waals surface area contributed by atoms with Gasteiger partial charge in [-0.15, -0.1) is 0 Å². The van der Waals surface area contributed by atoms with Crippen molar-refractivity contribution in [2.45, 2.75) is 44.6 Å². The molecule has 0 radical (unpaired) electrons. The van der Waals surface area contributed by atoms with Crippen molar-refractivity contribution in [1.29, 1.82) is 0 Å². The van der Waals surface area contributed by atoms with E-state index in [4.69, 9.17) is 5.73 Å². The highest BCUT2D eigenvalue weighted by Gasteiger charge is 2.56. The number of benzene rings is 1. The van der Waals surface area contributed by atoms with Gasteiger partial charge in [0.05, 0.1) is 0 Å². The van der Waals surface area contributed by atoms with E-state index in [2.05, 4.69) is 0 Å². The van der Waals surface area contributed by atoms with Gasteiger partial charge < -0.3 is 5.73 Å². The zero-order chi connectivity index (χ0) is 12.1. The van der Waals surface area contributed by atoms with E-state index in [9.17, 15) is 8.78 Å². The van der Waals surface area contributed by atoms with E-state index < -0.39 is 22.6 Å². The topological polar surface area (TPSA) is 26.0 Å². The Morgan fingerprint density at radius 2 is 1.62 bits per heavy atom. The first-order valence-corrected chi connectivity index (χ1v) is 5.53. The lowest BCUT2D eigenvalue weighted by Gasteiger charge is -2.31. The SMILES string of the molecule is Cc1cc(F)c(C2(C(C)(C)N)CC2)c(F)c1. The fraction of sp³-hybridized carbons (Fsp3) is 0.538. The third-order valence-electron chi connectivity index (χ3n) is 3.65. The number of aryl methyl sites for hydroxylation is 1. The summed E-state index contributed by atoms with van der Waals surface area (Å²) in [5.41, 5.74) is 5.71. The minimum Gasteiger partial charge on any atom is -0.325 e. The number of nitrogens with two attached hydrogens (primary N) is 1. The van der Waals surface area contributed by atoms with Crippen molar-refractivity contribution in [2.75, 3.05) is 0 Å². The highest BCUT2D eigenvalue weighted by atomic mass is 19.1. The molecular formula is C13H17F2N. The molecule has 0 bridgehead atoms. The Labute approximate surface area is 94.7 Å². The van der Waals surface area contributed by atoms with Gasteiger partial charge in [0.15, 0.2) is 0 Å². The molecule has 1 aromatic rings. The summed E-state index contributed by atoms with van der Waals surface area (Å²) in [6.07, 6.45) is 1.51. The maximum absolute atomic E-state index is 13.9. The molecule has 1 nitrogen and oxygen atoms in total. The monoisotopic (exact) mass is 225 g/mol. The summed E-state index contributed by atoms with van der Waals surface area (Å²) in [6, 6.07) is 2.76. The highest BCUT2D eigenvalue weighted by Crippen LogP contribution is 2.56. The largest absolute Gasteiger partial charge is 0.325 e. The molecule has 3 heteroatoms. The van der Waals surface area contributed by atoms with Gasteiger partial charge in [-0.3, -0.25) is 0 Å². The summed E-state index contributed by atoms with van der Waals surface area (Å²) < 4.78 is 27.8. The van der Waals surface area contributed by atoms with Gasteiger partial charge in [0.2, 0.25) is 0 Å². The van der Waals surface area contributed by atoms with Crippen LogP contribution >= 0.6 is 0 Å². The summed E-state index contributed by atoms with van der Waals surface area (Å²) in [7, 11) is 0. The van der Waals surface area contributed by atoms with E-state index >= 15 is 0 Å². The summed E-state index contributed by atoms with van der Waals surface area (Å²) in [5, 5.41) is 0. The smallest absolute Gasteiger partial charge is 0.130 e. The number of hydrogen-bond donors (Lipinski definition) is 1. The molecular weight excluding hydrogens is 208 g/mol. The number of hydrogen-bond acceptors (Lipinski definition) is 1. The summed E-state index contributed by atoms with van der Waals surface area (Å²) >= 11 is 0. The van der Waals surface area contributed by atoms with Crippen LogP contribution in [-0.2, 0) is 5.41 Å². The molecule has 0 atom stereocenters. The summed E-state index contributed by atoms with van der Waals surface area (Å²) in [6.45, 7) is 5.35. The van der Waals surface area contributed by atoms with Gasteiger partial charge in [-0.1, -0.05) is 0 Å². The van der Waals surface area contributed by atoms with Crippen LogP contribution in [0.4, 0.5) is 8.78 Å². The van der Waals surface area contributed by atoms with Crippen molar-refractivity contribution in [3.05, 3.63) is 34.9 Å². The predicted octanol–water partition coefficient (Wildman–Crippen LogP) is 3.04. The first kappa shape index (κ1) is 11.5. The van der Waals surface area contributed by atoms with Crippen molar-refractivity contribution in [2.24, 2.45) is 5.73 Å². The van der Waals surface area contributed by atoms with E-state index in [0.29, 0.717) is 5.56 Å². The second-order valence-corrected chi connectivity index (χ2v) is 5.41. The van der Waals surface area contributed by atoms with Gasteiger partial charge in [-0.2, -0.15) is 0 Å². The first-order chi connectivity index (χ1) is 7.28. The normalized spacial score (nSPS) is 18.6. The van der Waals surface area contributed by atoms with Crippen LogP contribution in [0, 0.1) is 18.6 Å². The van der Waals surface area contributed by atoms with Crippen LogP contribution in [0.15, 0.2) is 12.1 Å². The van der Waals surface area contributed by atoms with E-state index in [1.54, 1.807) is 6.92 Å². The van der Waals surface area contributed by atoms with Crippen LogP contribution in [-0.4, -0.2) is 5.54 Å². The zero-order valence-electron chi connectivity index (χ0n) is 9.90. The van der Waals surface area contributed by atoms with Gasteiger partial charge in [-0.25, -0.2) is 8.78 Å². The predicted molar refractivity (Wildman–Crippen MR) is 60.3 cm³/mol. The third kappa shape index (κ3) is 1.54. The Kier molecular flexibility index (Phi) is 2.35. The van der Waals surface area contributed by atoms with Crippen LogP contribution < -0.4 is 5.73 Å². The number of rotatable bonds is 2. The van der Waals surface area contributed by atoms with Crippen molar-refractivity contribution < 1.29 is 8.78 Å². The molecule has 1 fully saturated rings. The molecule has 0 amide bonds. The molecule has 1 aromatic carbocycles. The summed E-state index contributed by atoms with van der Waals surface area (Å²) in [5.74, 6) is -0.929. The van der Waals surface area contributed by atoms with Crippen LogP contribution in [0.1, 0.15) is 37.8 Å². The standard InChI is InChI=1S/C13H17F2N/c1-8-6-9(14)11(10(15)7-8)13(4-5-13)12(2,3)16/h6-7H,4-5,16H2,1-3H3. The molecule has 0 unspecified atom stereocenters. The van der Waals surface area contributed by atoms with Gasteiger partial charge in [0.1, 0.15) is 11.6 Å². The maximum atomic E-state index is 13.9. The Bertz CT molecular complexity index is 405. The zero-order valence-corrected chi connectivity index (χ0v) is 9.90. The van der Waals surface area contributed by atoms with Gasteiger partial charge in [0, 0.05) is 16.5 Å². The second-order valence-electron chi connectivity index (χ2n) is 5.41. The maximum Gasteiger partial charge on any atom is 0.130 e. The van der Waals surface area contributed by atoms with Gasteiger partial charge in [-0.05, 0) is 51.3 Å². The lowest BCUT2D eigenvalue weighted by Crippen LogP contribution is -2.46. The molecule has 0 aliphatic heterocycles. The lowest BCUT2D eigenvalue weighted by atomic mass is 9.78. The summed E-state index contributed by atoms with van der Waals surface area (Å²) in [4.78, 5) is 0. The van der Waals surface area contributed by atoms with E-state index in [-0.39, 0.29) is 5.56 Å². The molecule has 0 saturated heterocycles. The highest BCUT2D eigenvalue weighted by molar-refractivity contribution is 5.40. The third-order valence-corrected chi connectivity index (χ3v) is 3.65. The molecule has 1 aliphatic rings. The van der Waals surface area contributed by atoms with Crippen LogP contribution in [0.2, 0.25) is 0 Å². The van der Waals surface area contributed by atoms with Crippen molar-refractivity contribution in [3.63, 3.8) is 0 Å². The Morgan fingerprint density at radius 1 is 1.19 bits per heavy atom. The molecule has 0 spiro atoms. The molecule has 0 heterocycles.